The zero-order valence-corrected chi connectivity index (χ0v) is 14.4. The fourth-order valence-corrected chi connectivity index (χ4v) is 3.97. The van der Waals surface area contributed by atoms with Gasteiger partial charge in [-0.3, -0.25) is 4.40 Å². The Morgan fingerprint density at radius 3 is 2.52 bits per heavy atom. The van der Waals surface area contributed by atoms with E-state index in [9.17, 15) is 0 Å². The summed E-state index contributed by atoms with van der Waals surface area (Å²) in [6.07, 6.45) is 9.99. The monoisotopic (exact) mass is 333 g/mol. The van der Waals surface area contributed by atoms with E-state index in [1.54, 1.807) is 0 Å². The molecule has 2 aliphatic rings. The van der Waals surface area contributed by atoms with Gasteiger partial charge in [0.25, 0.3) is 0 Å². The Morgan fingerprint density at radius 1 is 0.960 bits per heavy atom. The van der Waals surface area contributed by atoms with Crippen molar-refractivity contribution in [1.82, 2.24) is 19.6 Å². The first-order valence-corrected chi connectivity index (χ1v) is 9.37. The van der Waals surface area contributed by atoms with E-state index in [0.717, 1.165) is 36.3 Å². The molecule has 5 rings (SSSR count). The Balaban J connectivity index is 1.31. The summed E-state index contributed by atoms with van der Waals surface area (Å²) in [5.41, 5.74) is 2.37. The molecular weight excluding hydrogens is 310 g/mol. The third-order valence-electron chi connectivity index (χ3n) is 5.56. The predicted molar refractivity (Wildman–Crippen MR) is 97.8 cm³/mol. The van der Waals surface area contributed by atoms with Crippen LogP contribution in [0.15, 0.2) is 42.7 Å². The maximum atomic E-state index is 4.64. The fourth-order valence-electron chi connectivity index (χ4n) is 3.97. The molecule has 0 spiro atoms. The zero-order valence-electron chi connectivity index (χ0n) is 14.4. The summed E-state index contributed by atoms with van der Waals surface area (Å²) in [5, 5.41) is 8.88. The standard InChI is InChI=1S/C20H23N5/c1-2-4-15(5-3-1)14-16-8-11-24(12-9-16)19-20-23-22-18(17-6-7-17)25(20)13-10-21-19/h1-5,10,13,16-17H,6-9,11-12,14H2. The van der Waals surface area contributed by atoms with E-state index in [4.69, 9.17) is 0 Å². The number of benzene rings is 1. The van der Waals surface area contributed by atoms with E-state index >= 15 is 0 Å². The highest BCUT2D eigenvalue weighted by Gasteiger charge is 2.30. The van der Waals surface area contributed by atoms with Gasteiger partial charge in [-0.2, -0.15) is 0 Å². The first-order chi connectivity index (χ1) is 12.4. The first kappa shape index (κ1) is 14.9. The fraction of sp³-hybridized carbons (Fsp3) is 0.450. The maximum Gasteiger partial charge on any atom is 0.203 e. The second kappa shape index (κ2) is 6.14. The predicted octanol–water partition coefficient (Wildman–Crippen LogP) is 3.46. The maximum absolute atomic E-state index is 4.64. The molecule has 1 aliphatic heterocycles. The molecule has 0 unspecified atom stereocenters. The van der Waals surface area contributed by atoms with Crippen molar-refractivity contribution in [3.8, 4) is 0 Å². The molecule has 1 aromatic carbocycles. The number of nitrogens with zero attached hydrogens (tertiary/aromatic N) is 5. The second-order valence-corrected chi connectivity index (χ2v) is 7.40. The summed E-state index contributed by atoms with van der Waals surface area (Å²) in [6, 6.07) is 10.8. The average molecular weight is 333 g/mol. The summed E-state index contributed by atoms with van der Waals surface area (Å²) < 4.78 is 2.15. The Kier molecular flexibility index (Phi) is 3.65. The largest absolute Gasteiger partial charge is 0.353 e. The van der Waals surface area contributed by atoms with E-state index in [1.807, 2.05) is 12.4 Å². The lowest BCUT2D eigenvalue weighted by Crippen LogP contribution is -2.35. The number of rotatable bonds is 4. The van der Waals surface area contributed by atoms with E-state index in [2.05, 4.69) is 54.8 Å². The van der Waals surface area contributed by atoms with E-state index in [-0.39, 0.29) is 0 Å². The van der Waals surface area contributed by atoms with Crippen LogP contribution >= 0.6 is 0 Å². The molecule has 1 aliphatic carbocycles. The number of hydrogen-bond acceptors (Lipinski definition) is 4. The highest BCUT2D eigenvalue weighted by Crippen LogP contribution is 2.39. The third-order valence-corrected chi connectivity index (χ3v) is 5.56. The van der Waals surface area contributed by atoms with Crippen LogP contribution in [0.3, 0.4) is 0 Å². The van der Waals surface area contributed by atoms with Crippen LogP contribution in [0.2, 0.25) is 0 Å². The van der Waals surface area contributed by atoms with Crippen LogP contribution < -0.4 is 4.90 Å². The average Bonchev–Trinajstić information content (AvgIpc) is 3.42. The van der Waals surface area contributed by atoms with Crippen molar-refractivity contribution in [3.05, 3.63) is 54.1 Å². The molecule has 0 amide bonds. The number of hydrogen-bond donors (Lipinski definition) is 0. The number of fused-ring (bicyclic) bond motifs is 1. The molecule has 0 atom stereocenters. The molecule has 0 radical (unpaired) electrons. The lowest BCUT2D eigenvalue weighted by molar-refractivity contribution is 0.402. The van der Waals surface area contributed by atoms with Gasteiger partial charge in [0, 0.05) is 31.4 Å². The van der Waals surface area contributed by atoms with Crippen molar-refractivity contribution in [3.63, 3.8) is 0 Å². The summed E-state index contributed by atoms with van der Waals surface area (Å²) in [4.78, 5) is 7.03. The molecule has 2 fully saturated rings. The number of piperidine rings is 1. The minimum absolute atomic E-state index is 0.599. The Bertz CT molecular complexity index is 860. The van der Waals surface area contributed by atoms with Gasteiger partial charge < -0.3 is 4.90 Å². The van der Waals surface area contributed by atoms with Crippen LogP contribution in [0.5, 0.6) is 0 Å². The molecule has 2 aromatic heterocycles. The molecule has 3 aromatic rings. The van der Waals surface area contributed by atoms with Gasteiger partial charge in [-0.1, -0.05) is 30.3 Å². The van der Waals surface area contributed by atoms with Crippen LogP contribution in [-0.4, -0.2) is 32.7 Å². The van der Waals surface area contributed by atoms with Gasteiger partial charge in [0.1, 0.15) is 5.82 Å². The van der Waals surface area contributed by atoms with Gasteiger partial charge in [-0.15, -0.1) is 10.2 Å². The van der Waals surface area contributed by atoms with Gasteiger partial charge in [0.05, 0.1) is 0 Å². The van der Waals surface area contributed by atoms with Gasteiger partial charge in [-0.25, -0.2) is 4.98 Å². The van der Waals surface area contributed by atoms with Crippen LogP contribution in [-0.2, 0) is 6.42 Å². The van der Waals surface area contributed by atoms with Crippen LogP contribution in [0.4, 0.5) is 5.82 Å². The molecule has 5 nitrogen and oxygen atoms in total. The highest BCUT2D eigenvalue weighted by molar-refractivity contribution is 5.64. The topological polar surface area (TPSA) is 46.3 Å². The summed E-state index contributed by atoms with van der Waals surface area (Å²) in [6.45, 7) is 2.10. The number of anilines is 1. The summed E-state index contributed by atoms with van der Waals surface area (Å²) in [7, 11) is 0. The van der Waals surface area contributed by atoms with Gasteiger partial charge in [0.15, 0.2) is 5.82 Å². The van der Waals surface area contributed by atoms with Crippen molar-refractivity contribution < 1.29 is 0 Å². The van der Waals surface area contributed by atoms with Crippen molar-refractivity contribution in [2.75, 3.05) is 18.0 Å². The molecule has 0 N–H and O–H groups in total. The van der Waals surface area contributed by atoms with Crippen molar-refractivity contribution in [1.29, 1.82) is 0 Å². The van der Waals surface area contributed by atoms with E-state index < -0.39 is 0 Å². The van der Waals surface area contributed by atoms with Crippen molar-refractivity contribution in [2.45, 2.75) is 38.0 Å². The SMILES string of the molecule is c1ccc(CC2CCN(c3nccn4c(C5CC5)nnc34)CC2)cc1. The normalized spacial score (nSPS) is 18.8. The van der Waals surface area contributed by atoms with Gasteiger partial charge in [0.2, 0.25) is 5.65 Å². The lowest BCUT2D eigenvalue weighted by atomic mass is 9.90. The third kappa shape index (κ3) is 2.88. The Hall–Kier alpha value is -2.43. The molecule has 5 heteroatoms. The zero-order chi connectivity index (χ0) is 16.6. The summed E-state index contributed by atoms with van der Waals surface area (Å²) >= 11 is 0. The highest BCUT2D eigenvalue weighted by atomic mass is 15.3. The van der Waals surface area contributed by atoms with Crippen LogP contribution in [0.1, 0.15) is 43.0 Å². The first-order valence-electron chi connectivity index (χ1n) is 9.37. The Labute approximate surface area is 147 Å². The summed E-state index contributed by atoms with van der Waals surface area (Å²) in [5.74, 6) is 3.47. The van der Waals surface area contributed by atoms with E-state index in [1.165, 1.54) is 37.7 Å². The minimum Gasteiger partial charge on any atom is -0.353 e. The molecular formula is C20H23N5. The van der Waals surface area contributed by atoms with Crippen LogP contribution in [0.25, 0.3) is 5.65 Å². The molecule has 25 heavy (non-hydrogen) atoms. The van der Waals surface area contributed by atoms with Crippen molar-refractivity contribution >= 4 is 11.5 Å². The second-order valence-electron chi connectivity index (χ2n) is 7.40. The smallest absolute Gasteiger partial charge is 0.203 e. The van der Waals surface area contributed by atoms with Gasteiger partial charge in [-0.05, 0) is 43.6 Å². The van der Waals surface area contributed by atoms with E-state index in [0.29, 0.717) is 5.92 Å². The van der Waals surface area contributed by atoms with Gasteiger partial charge >= 0.3 is 0 Å². The van der Waals surface area contributed by atoms with Crippen molar-refractivity contribution in [2.24, 2.45) is 5.92 Å². The minimum atomic E-state index is 0.599. The molecule has 128 valence electrons. The molecule has 1 saturated heterocycles. The quantitative estimate of drug-likeness (QED) is 0.733. The number of aromatic nitrogens is 4. The molecule has 3 heterocycles. The molecule has 0 bridgehead atoms. The molecule has 1 saturated carbocycles. The lowest BCUT2D eigenvalue weighted by Gasteiger charge is -2.32. The van der Waals surface area contributed by atoms with Crippen LogP contribution in [0, 0.1) is 5.92 Å². The Morgan fingerprint density at radius 2 is 1.76 bits per heavy atom.